The quantitative estimate of drug-likeness (QED) is 0.584. The summed E-state index contributed by atoms with van der Waals surface area (Å²) in [6, 6.07) is 16.2. The first-order valence-corrected chi connectivity index (χ1v) is 10.0. The Morgan fingerprint density at radius 3 is 2.42 bits per heavy atom. The molecule has 0 aliphatic carbocycles. The molecule has 7 heteroatoms. The summed E-state index contributed by atoms with van der Waals surface area (Å²) in [7, 11) is 0. The molecule has 0 aliphatic heterocycles. The molecule has 0 saturated heterocycles. The van der Waals surface area contributed by atoms with Gasteiger partial charge < -0.3 is 19.9 Å². The maximum absolute atomic E-state index is 12.3. The van der Waals surface area contributed by atoms with Crippen LogP contribution in [0, 0.1) is 0 Å². The van der Waals surface area contributed by atoms with Crippen molar-refractivity contribution in [3.05, 3.63) is 71.9 Å². The summed E-state index contributed by atoms with van der Waals surface area (Å²) < 4.78 is 11.2. The van der Waals surface area contributed by atoms with Gasteiger partial charge in [0.25, 0.3) is 0 Å². The summed E-state index contributed by atoms with van der Waals surface area (Å²) in [4.78, 5) is 28.5. The maximum Gasteiger partial charge on any atom is 0.408 e. The Morgan fingerprint density at radius 1 is 1.06 bits per heavy atom. The fourth-order valence-corrected chi connectivity index (χ4v) is 3.17. The van der Waals surface area contributed by atoms with Crippen LogP contribution in [0.5, 0.6) is 5.75 Å². The van der Waals surface area contributed by atoms with Crippen LogP contribution in [0.1, 0.15) is 36.7 Å². The second-order valence-electron chi connectivity index (χ2n) is 8.16. The second-order valence-corrected chi connectivity index (χ2v) is 8.16. The second kappa shape index (κ2) is 9.47. The van der Waals surface area contributed by atoms with Gasteiger partial charge in [0, 0.05) is 5.39 Å². The molecule has 0 unspecified atom stereocenters. The average molecular weight is 422 g/mol. The van der Waals surface area contributed by atoms with Gasteiger partial charge >= 0.3 is 12.1 Å². The fourth-order valence-electron chi connectivity index (χ4n) is 3.17. The minimum Gasteiger partial charge on any atom is -0.489 e. The lowest BCUT2D eigenvalue weighted by Gasteiger charge is -2.24. The number of ether oxygens (including phenoxy) is 2. The average Bonchev–Trinajstić information content (AvgIpc) is 2.70. The number of aromatic nitrogens is 1. The number of pyridine rings is 1. The largest absolute Gasteiger partial charge is 0.489 e. The van der Waals surface area contributed by atoms with Crippen molar-refractivity contribution in [2.75, 3.05) is 6.61 Å². The van der Waals surface area contributed by atoms with Gasteiger partial charge in [0.15, 0.2) is 5.75 Å². The van der Waals surface area contributed by atoms with Gasteiger partial charge in [0.05, 0.1) is 17.8 Å². The third-order valence-corrected chi connectivity index (χ3v) is 4.44. The van der Waals surface area contributed by atoms with Crippen LogP contribution in [0.25, 0.3) is 10.9 Å². The number of hydrogen-bond donors (Lipinski definition) is 2. The molecule has 0 radical (unpaired) electrons. The van der Waals surface area contributed by atoms with Crippen LogP contribution < -0.4 is 10.1 Å². The molecule has 2 aromatic carbocycles. The molecule has 1 atom stereocenters. The van der Waals surface area contributed by atoms with E-state index in [1.54, 1.807) is 45.0 Å². The van der Waals surface area contributed by atoms with E-state index in [0.29, 0.717) is 17.3 Å². The van der Waals surface area contributed by atoms with E-state index >= 15 is 0 Å². The summed E-state index contributed by atoms with van der Waals surface area (Å²) >= 11 is 0. The minimum absolute atomic E-state index is 0.0429. The van der Waals surface area contributed by atoms with Gasteiger partial charge in [-0.3, -0.25) is 4.98 Å². The standard InChI is InChI=1S/C24H26N2O5/c1-24(2,3)31-23(29)26-17(13-16-9-5-4-6-10-16)15-30-20-14-25-19-12-8-7-11-18(19)21(20)22(27)28/h4-12,14,17H,13,15H2,1-3H3,(H,26,29)(H,27,28)/t17-/m1/s1. The number of nitrogens with zero attached hydrogens (tertiary/aromatic N) is 1. The van der Waals surface area contributed by atoms with Crippen LogP contribution in [0.4, 0.5) is 4.79 Å². The molecule has 0 fully saturated rings. The fraction of sp³-hybridized carbons (Fsp3) is 0.292. The lowest BCUT2D eigenvalue weighted by molar-refractivity contribution is 0.0485. The molecule has 0 spiro atoms. The summed E-state index contributed by atoms with van der Waals surface area (Å²) in [5, 5.41) is 13.1. The van der Waals surface area contributed by atoms with Crippen molar-refractivity contribution in [2.24, 2.45) is 0 Å². The van der Waals surface area contributed by atoms with Gasteiger partial charge in [-0.15, -0.1) is 0 Å². The number of carboxylic acid groups (broad SMARTS) is 1. The highest BCUT2D eigenvalue weighted by Crippen LogP contribution is 2.26. The molecule has 0 bridgehead atoms. The predicted octanol–water partition coefficient (Wildman–Crippen LogP) is 4.45. The molecular formula is C24H26N2O5. The summed E-state index contributed by atoms with van der Waals surface area (Å²) in [6.45, 7) is 5.41. The van der Waals surface area contributed by atoms with Crippen molar-refractivity contribution in [1.29, 1.82) is 0 Å². The molecule has 162 valence electrons. The number of carbonyl (C=O) groups is 2. The van der Waals surface area contributed by atoms with E-state index in [0.717, 1.165) is 5.56 Å². The van der Waals surface area contributed by atoms with Crippen molar-refractivity contribution in [3.8, 4) is 5.75 Å². The highest BCUT2D eigenvalue weighted by Gasteiger charge is 2.22. The van der Waals surface area contributed by atoms with E-state index in [2.05, 4.69) is 10.3 Å². The van der Waals surface area contributed by atoms with Gasteiger partial charge in [-0.2, -0.15) is 0 Å². The normalized spacial score (nSPS) is 12.2. The molecular weight excluding hydrogens is 396 g/mol. The summed E-state index contributed by atoms with van der Waals surface area (Å²) in [5.41, 5.74) is 0.976. The summed E-state index contributed by atoms with van der Waals surface area (Å²) in [5.74, 6) is -0.955. The Bertz CT molecular complexity index is 1060. The zero-order valence-corrected chi connectivity index (χ0v) is 17.8. The SMILES string of the molecule is CC(C)(C)OC(=O)N[C@@H](COc1cnc2ccccc2c1C(=O)O)Cc1ccccc1. The molecule has 1 aromatic heterocycles. The number of hydrogen-bond acceptors (Lipinski definition) is 5. The first-order valence-electron chi connectivity index (χ1n) is 10.0. The van der Waals surface area contributed by atoms with Crippen LogP contribution in [-0.2, 0) is 11.2 Å². The lowest BCUT2D eigenvalue weighted by atomic mass is 10.1. The molecule has 7 nitrogen and oxygen atoms in total. The number of fused-ring (bicyclic) bond motifs is 1. The topological polar surface area (TPSA) is 97.8 Å². The Labute approximate surface area is 181 Å². The van der Waals surface area contributed by atoms with Crippen molar-refractivity contribution >= 4 is 23.0 Å². The van der Waals surface area contributed by atoms with Crippen molar-refractivity contribution in [1.82, 2.24) is 10.3 Å². The molecule has 31 heavy (non-hydrogen) atoms. The highest BCUT2D eigenvalue weighted by molar-refractivity contribution is 6.04. The molecule has 0 saturated carbocycles. The molecule has 2 N–H and O–H groups in total. The Morgan fingerprint density at radius 2 is 1.74 bits per heavy atom. The molecule has 1 amide bonds. The zero-order chi connectivity index (χ0) is 22.4. The van der Waals surface area contributed by atoms with Gasteiger partial charge in [-0.05, 0) is 38.8 Å². The molecule has 1 heterocycles. The molecule has 3 rings (SSSR count). The lowest BCUT2D eigenvalue weighted by Crippen LogP contribution is -2.43. The summed E-state index contributed by atoms with van der Waals surface area (Å²) in [6.07, 6.45) is 1.33. The van der Waals surface area contributed by atoms with Gasteiger partial charge in [0.1, 0.15) is 17.8 Å². The van der Waals surface area contributed by atoms with Crippen molar-refractivity contribution in [3.63, 3.8) is 0 Å². The smallest absolute Gasteiger partial charge is 0.408 e. The van der Waals surface area contributed by atoms with Crippen molar-refractivity contribution < 1.29 is 24.2 Å². The first kappa shape index (κ1) is 22.1. The Balaban J connectivity index is 1.81. The molecule has 3 aromatic rings. The van der Waals surface area contributed by atoms with Gasteiger partial charge in [-0.25, -0.2) is 9.59 Å². The number of nitrogens with one attached hydrogen (secondary N) is 1. The number of aromatic carboxylic acids is 1. The van der Waals surface area contributed by atoms with E-state index in [9.17, 15) is 14.7 Å². The van der Waals surface area contributed by atoms with Crippen LogP contribution in [0.2, 0.25) is 0 Å². The van der Waals surface area contributed by atoms with Crippen LogP contribution in [-0.4, -0.2) is 40.4 Å². The number of benzene rings is 2. The zero-order valence-electron chi connectivity index (χ0n) is 17.8. The number of carbonyl (C=O) groups excluding carboxylic acids is 1. The van der Waals surface area contributed by atoms with Crippen LogP contribution >= 0.6 is 0 Å². The third kappa shape index (κ3) is 6.18. The van der Waals surface area contributed by atoms with Gasteiger partial charge in [-0.1, -0.05) is 48.5 Å². The molecule has 0 aliphatic rings. The van der Waals surface area contributed by atoms with E-state index in [1.165, 1.54) is 6.20 Å². The minimum atomic E-state index is -1.10. The van der Waals surface area contributed by atoms with E-state index < -0.39 is 23.7 Å². The number of rotatable bonds is 7. The predicted molar refractivity (Wildman–Crippen MR) is 118 cm³/mol. The van der Waals surface area contributed by atoms with Gasteiger partial charge in [0.2, 0.25) is 0 Å². The Hall–Kier alpha value is -3.61. The van der Waals surface area contributed by atoms with Crippen LogP contribution in [0.3, 0.4) is 0 Å². The maximum atomic E-state index is 12.3. The van der Waals surface area contributed by atoms with E-state index in [4.69, 9.17) is 9.47 Å². The number of alkyl carbamates (subject to hydrolysis) is 1. The first-order chi connectivity index (χ1) is 14.7. The highest BCUT2D eigenvalue weighted by atomic mass is 16.6. The monoisotopic (exact) mass is 422 g/mol. The number of amides is 1. The van der Waals surface area contributed by atoms with E-state index in [1.807, 2.05) is 30.3 Å². The van der Waals surface area contributed by atoms with Crippen molar-refractivity contribution in [2.45, 2.75) is 38.8 Å². The number of carboxylic acids is 1. The van der Waals surface area contributed by atoms with Crippen LogP contribution in [0.15, 0.2) is 60.8 Å². The number of para-hydroxylation sites is 1. The van der Waals surface area contributed by atoms with E-state index in [-0.39, 0.29) is 17.9 Å². The Kier molecular flexibility index (Phi) is 6.74. The third-order valence-electron chi connectivity index (χ3n) is 4.44.